The highest BCUT2D eigenvalue weighted by molar-refractivity contribution is 5.98. The number of benzene rings is 1. The Bertz CT molecular complexity index is 522. The monoisotopic (exact) mass is 278 g/mol. The van der Waals surface area contributed by atoms with Crippen LogP contribution in [0, 0.1) is 0 Å². The number of hydrogen-bond donors (Lipinski definition) is 2. The summed E-state index contributed by atoms with van der Waals surface area (Å²) in [6.45, 7) is 5.33. The van der Waals surface area contributed by atoms with Crippen LogP contribution in [0.15, 0.2) is 24.3 Å². The number of carbonyl (C=O) groups is 2. The molecule has 108 valence electrons. The summed E-state index contributed by atoms with van der Waals surface area (Å²) in [6, 6.07) is 6.31. The Morgan fingerprint density at radius 2 is 2.10 bits per heavy atom. The summed E-state index contributed by atoms with van der Waals surface area (Å²) in [5.74, 6) is 0.246. The van der Waals surface area contributed by atoms with Gasteiger partial charge in [-0.25, -0.2) is 4.79 Å². The molecule has 0 saturated carbocycles. The van der Waals surface area contributed by atoms with Gasteiger partial charge < -0.3 is 20.1 Å². The number of ether oxygens (including phenoxy) is 2. The van der Waals surface area contributed by atoms with Gasteiger partial charge in [0.1, 0.15) is 24.0 Å². The molecule has 2 rings (SSSR count). The van der Waals surface area contributed by atoms with E-state index in [1.807, 2.05) is 6.07 Å². The van der Waals surface area contributed by atoms with Gasteiger partial charge >= 0.3 is 6.09 Å². The maximum Gasteiger partial charge on any atom is 0.408 e. The van der Waals surface area contributed by atoms with E-state index in [1.54, 1.807) is 39.0 Å². The predicted octanol–water partition coefficient (Wildman–Crippen LogP) is 1.91. The second kappa shape index (κ2) is 5.40. The fraction of sp³-hybridized carbons (Fsp3) is 0.429. The van der Waals surface area contributed by atoms with Crippen LogP contribution in [0.25, 0.3) is 0 Å². The van der Waals surface area contributed by atoms with Crippen molar-refractivity contribution in [2.24, 2.45) is 0 Å². The molecule has 0 radical (unpaired) electrons. The van der Waals surface area contributed by atoms with Gasteiger partial charge in [-0.2, -0.15) is 0 Å². The van der Waals surface area contributed by atoms with Gasteiger partial charge in [-0.05, 0) is 32.9 Å². The Balaban J connectivity index is 2.02. The zero-order chi connectivity index (χ0) is 14.8. The van der Waals surface area contributed by atoms with Crippen molar-refractivity contribution < 1.29 is 19.1 Å². The van der Waals surface area contributed by atoms with E-state index in [0.717, 1.165) is 0 Å². The topological polar surface area (TPSA) is 76.7 Å². The Morgan fingerprint density at radius 1 is 1.40 bits per heavy atom. The zero-order valence-electron chi connectivity index (χ0n) is 11.7. The Kier molecular flexibility index (Phi) is 3.83. The minimum absolute atomic E-state index is 0.0576. The predicted molar refractivity (Wildman–Crippen MR) is 73.7 cm³/mol. The van der Waals surface area contributed by atoms with E-state index in [4.69, 9.17) is 9.47 Å². The van der Waals surface area contributed by atoms with Crippen LogP contribution < -0.4 is 15.4 Å². The molecule has 6 nitrogen and oxygen atoms in total. The number of hydrogen-bond acceptors (Lipinski definition) is 4. The third-order valence-corrected chi connectivity index (χ3v) is 2.56. The van der Waals surface area contributed by atoms with Gasteiger partial charge in [-0.3, -0.25) is 4.79 Å². The molecule has 0 aliphatic carbocycles. The number of nitrogens with one attached hydrogen (secondary N) is 2. The summed E-state index contributed by atoms with van der Waals surface area (Å²) in [5.41, 5.74) is -0.0271. The fourth-order valence-electron chi connectivity index (χ4n) is 1.72. The van der Waals surface area contributed by atoms with Crippen molar-refractivity contribution in [3.63, 3.8) is 0 Å². The first-order valence-corrected chi connectivity index (χ1v) is 6.37. The van der Waals surface area contributed by atoms with E-state index in [1.165, 1.54) is 0 Å². The first-order chi connectivity index (χ1) is 9.35. The molecule has 0 spiro atoms. The van der Waals surface area contributed by atoms with E-state index < -0.39 is 17.7 Å². The SMILES string of the molecule is CC(C)(C)OC(=O)NC1COc2ccccc2NC1=O. The van der Waals surface area contributed by atoms with Crippen LogP contribution in [0.5, 0.6) is 5.75 Å². The molecule has 1 aliphatic rings. The van der Waals surface area contributed by atoms with E-state index in [0.29, 0.717) is 11.4 Å². The van der Waals surface area contributed by atoms with Crippen LogP contribution in [-0.2, 0) is 9.53 Å². The molecule has 0 aromatic heterocycles. The molecular weight excluding hydrogens is 260 g/mol. The molecule has 1 unspecified atom stereocenters. The van der Waals surface area contributed by atoms with Gasteiger partial charge in [0.05, 0.1) is 5.69 Å². The Labute approximate surface area is 117 Å². The number of alkyl carbamates (subject to hydrolysis) is 1. The highest BCUT2D eigenvalue weighted by atomic mass is 16.6. The van der Waals surface area contributed by atoms with Gasteiger partial charge in [0.2, 0.25) is 0 Å². The molecule has 0 fully saturated rings. The van der Waals surface area contributed by atoms with E-state index >= 15 is 0 Å². The van der Waals surface area contributed by atoms with E-state index in [9.17, 15) is 9.59 Å². The molecule has 2 amide bonds. The van der Waals surface area contributed by atoms with Crippen LogP contribution in [0.3, 0.4) is 0 Å². The lowest BCUT2D eigenvalue weighted by molar-refractivity contribution is -0.118. The van der Waals surface area contributed by atoms with Crippen molar-refractivity contribution in [3.8, 4) is 5.75 Å². The highest BCUT2D eigenvalue weighted by Gasteiger charge is 2.28. The van der Waals surface area contributed by atoms with Crippen molar-refractivity contribution in [2.45, 2.75) is 32.4 Å². The summed E-state index contributed by atoms with van der Waals surface area (Å²) in [4.78, 5) is 23.7. The third-order valence-electron chi connectivity index (χ3n) is 2.56. The molecule has 0 bridgehead atoms. The van der Waals surface area contributed by atoms with Crippen molar-refractivity contribution in [1.29, 1.82) is 0 Å². The second-order valence-electron chi connectivity index (χ2n) is 5.50. The van der Waals surface area contributed by atoms with Crippen molar-refractivity contribution in [1.82, 2.24) is 5.32 Å². The molecule has 1 heterocycles. The van der Waals surface area contributed by atoms with Gasteiger partial charge in [0, 0.05) is 0 Å². The molecule has 1 atom stereocenters. The smallest absolute Gasteiger partial charge is 0.408 e. The van der Waals surface area contributed by atoms with Crippen LogP contribution in [0.1, 0.15) is 20.8 Å². The maximum absolute atomic E-state index is 12.0. The number of carbonyl (C=O) groups excluding carboxylic acids is 2. The molecule has 6 heteroatoms. The highest BCUT2D eigenvalue weighted by Crippen LogP contribution is 2.26. The Hall–Kier alpha value is -2.24. The molecule has 1 aliphatic heterocycles. The molecule has 0 saturated heterocycles. The average Bonchev–Trinajstić information content (AvgIpc) is 2.47. The molecular formula is C14H18N2O4. The standard InChI is InChI=1S/C14H18N2O4/c1-14(2,3)20-13(18)16-10-8-19-11-7-5-4-6-9(11)15-12(10)17/h4-7,10H,8H2,1-3H3,(H,15,17)(H,16,18). The number of amides is 2. The van der Waals surface area contributed by atoms with Crippen molar-refractivity contribution in [2.75, 3.05) is 11.9 Å². The number of para-hydroxylation sites is 2. The number of rotatable bonds is 1. The Morgan fingerprint density at radius 3 is 2.80 bits per heavy atom. The van der Waals surface area contributed by atoms with Gasteiger partial charge in [-0.1, -0.05) is 12.1 Å². The molecule has 1 aromatic rings. The zero-order valence-corrected chi connectivity index (χ0v) is 11.7. The van der Waals surface area contributed by atoms with Gasteiger partial charge in [-0.15, -0.1) is 0 Å². The lowest BCUT2D eigenvalue weighted by atomic mass is 10.2. The minimum Gasteiger partial charge on any atom is -0.489 e. The number of anilines is 1. The average molecular weight is 278 g/mol. The normalized spacial score (nSPS) is 18.1. The van der Waals surface area contributed by atoms with E-state index in [-0.39, 0.29) is 12.5 Å². The second-order valence-corrected chi connectivity index (χ2v) is 5.50. The molecule has 1 aromatic carbocycles. The summed E-state index contributed by atoms with van der Waals surface area (Å²) in [5, 5.41) is 5.21. The van der Waals surface area contributed by atoms with Gasteiger partial charge in [0.15, 0.2) is 0 Å². The van der Waals surface area contributed by atoms with Crippen LogP contribution in [-0.4, -0.2) is 30.3 Å². The summed E-state index contributed by atoms with van der Waals surface area (Å²) in [7, 11) is 0. The third kappa shape index (κ3) is 3.63. The van der Waals surface area contributed by atoms with Crippen LogP contribution >= 0.6 is 0 Å². The van der Waals surface area contributed by atoms with Crippen molar-refractivity contribution in [3.05, 3.63) is 24.3 Å². The minimum atomic E-state index is -0.794. The summed E-state index contributed by atoms with van der Waals surface area (Å²) < 4.78 is 10.6. The van der Waals surface area contributed by atoms with Crippen molar-refractivity contribution >= 4 is 17.7 Å². The van der Waals surface area contributed by atoms with Crippen LogP contribution in [0.4, 0.5) is 10.5 Å². The van der Waals surface area contributed by atoms with Gasteiger partial charge in [0.25, 0.3) is 5.91 Å². The first kappa shape index (κ1) is 14.2. The quantitative estimate of drug-likeness (QED) is 0.822. The lowest BCUT2D eigenvalue weighted by Crippen LogP contribution is -2.48. The molecule has 20 heavy (non-hydrogen) atoms. The first-order valence-electron chi connectivity index (χ1n) is 6.37. The summed E-state index contributed by atoms with van der Waals surface area (Å²) in [6.07, 6.45) is -0.646. The maximum atomic E-state index is 12.0. The largest absolute Gasteiger partial charge is 0.489 e. The number of fused-ring (bicyclic) bond motifs is 1. The lowest BCUT2D eigenvalue weighted by Gasteiger charge is -2.22. The molecule has 2 N–H and O–H groups in total. The summed E-state index contributed by atoms with van der Waals surface area (Å²) >= 11 is 0. The fourth-order valence-corrected chi connectivity index (χ4v) is 1.72. The van der Waals surface area contributed by atoms with E-state index in [2.05, 4.69) is 10.6 Å². The van der Waals surface area contributed by atoms with Crippen LogP contribution in [0.2, 0.25) is 0 Å².